The maximum atomic E-state index is 11.3. The molecule has 2 N–H and O–H groups in total. The molecule has 0 radical (unpaired) electrons. The van der Waals surface area contributed by atoms with Crippen molar-refractivity contribution in [1.82, 2.24) is 0 Å². The highest BCUT2D eigenvalue weighted by molar-refractivity contribution is 7.85. The van der Waals surface area contributed by atoms with Crippen LogP contribution in [0.2, 0.25) is 0 Å². The van der Waals surface area contributed by atoms with Crippen molar-refractivity contribution >= 4 is 16.1 Å². The van der Waals surface area contributed by atoms with Crippen LogP contribution in [0, 0.1) is 6.92 Å². The van der Waals surface area contributed by atoms with E-state index < -0.39 is 10.1 Å². The second kappa shape index (κ2) is 9.82. The highest BCUT2D eigenvalue weighted by Gasteiger charge is 2.04. The van der Waals surface area contributed by atoms with Crippen LogP contribution in [0.15, 0.2) is 59.5 Å². The summed E-state index contributed by atoms with van der Waals surface area (Å²) in [6, 6.07) is 14.8. The van der Waals surface area contributed by atoms with E-state index in [0.29, 0.717) is 12.2 Å². The number of quaternary nitrogens is 1. The largest absolute Gasteiger partial charge is 0.744 e. The number of carbonyl (C=O) groups is 1. The zero-order valence-corrected chi connectivity index (χ0v) is 14.5. The van der Waals surface area contributed by atoms with E-state index in [1.807, 2.05) is 37.5 Å². The number of aryl methyl sites for hydroxylation is 1. The van der Waals surface area contributed by atoms with Gasteiger partial charge in [0.25, 0.3) is 0 Å². The maximum Gasteiger partial charge on any atom is 0.338 e. The highest BCUT2D eigenvalue weighted by Crippen LogP contribution is 2.08. The van der Waals surface area contributed by atoms with E-state index in [2.05, 4.69) is 0 Å². The standard InChI is InChI=1S/C10H13NO2.C7H8O3S/c1-11-7-8-13-10(12)9-5-3-2-4-6-9;1-6-2-4-7(5-3-6)11(8,9)10/h2-6,11H,7-8H2,1H3;2-5H,1H3,(H,8,9,10). The Labute approximate surface area is 142 Å². The van der Waals surface area contributed by atoms with Crippen molar-refractivity contribution in [1.29, 1.82) is 0 Å². The Bertz CT molecular complexity index is 727. The van der Waals surface area contributed by atoms with Crippen LogP contribution in [-0.2, 0) is 14.9 Å². The Balaban J connectivity index is 0.000000243. The van der Waals surface area contributed by atoms with E-state index >= 15 is 0 Å². The Hall–Kier alpha value is -2.22. The summed E-state index contributed by atoms with van der Waals surface area (Å²) in [7, 11) is -2.33. The number of carbonyl (C=O) groups excluding carboxylic acids is 1. The van der Waals surface area contributed by atoms with Crippen LogP contribution < -0.4 is 5.32 Å². The molecule has 0 saturated carbocycles. The van der Waals surface area contributed by atoms with Gasteiger partial charge < -0.3 is 14.6 Å². The molecule has 0 fully saturated rings. The highest BCUT2D eigenvalue weighted by atomic mass is 32.2. The van der Waals surface area contributed by atoms with Gasteiger partial charge in [-0.05, 0) is 31.2 Å². The second-order valence-corrected chi connectivity index (χ2v) is 6.35. The summed E-state index contributed by atoms with van der Waals surface area (Å²) in [4.78, 5) is 11.1. The summed E-state index contributed by atoms with van der Waals surface area (Å²) in [6.45, 7) is 3.09. The molecule has 0 aliphatic heterocycles. The van der Waals surface area contributed by atoms with Gasteiger partial charge in [0.05, 0.1) is 17.5 Å². The van der Waals surface area contributed by atoms with E-state index in [9.17, 15) is 17.8 Å². The maximum absolute atomic E-state index is 11.3. The Morgan fingerprint density at radius 3 is 2.17 bits per heavy atom. The van der Waals surface area contributed by atoms with Crippen molar-refractivity contribution in [3.05, 3.63) is 65.7 Å². The summed E-state index contributed by atoms with van der Waals surface area (Å²) in [5.41, 5.74) is 1.54. The Kier molecular flexibility index (Phi) is 8.11. The number of hydrogen-bond acceptors (Lipinski definition) is 5. The Morgan fingerprint density at radius 2 is 1.67 bits per heavy atom. The number of likely N-dealkylation sites (N-methyl/N-ethyl adjacent to an activating group) is 1. The molecule has 2 rings (SSSR count). The van der Waals surface area contributed by atoms with Crippen molar-refractivity contribution < 1.29 is 27.8 Å². The van der Waals surface area contributed by atoms with Crippen LogP contribution >= 0.6 is 0 Å². The van der Waals surface area contributed by atoms with Gasteiger partial charge in [-0.25, -0.2) is 13.2 Å². The zero-order valence-electron chi connectivity index (χ0n) is 13.6. The van der Waals surface area contributed by atoms with Gasteiger partial charge in [-0.1, -0.05) is 35.9 Å². The lowest BCUT2D eigenvalue weighted by Crippen LogP contribution is -2.80. The smallest absolute Gasteiger partial charge is 0.338 e. The molecule has 0 unspecified atom stereocenters. The third-order valence-corrected chi connectivity index (χ3v) is 3.81. The summed E-state index contributed by atoms with van der Waals surface area (Å²) in [6.07, 6.45) is 0. The number of rotatable bonds is 5. The molecular formula is C17H21NO5S. The molecule has 0 aliphatic carbocycles. The van der Waals surface area contributed by atoms with Crippen LogP contribution in [0.25, 0.3) is 0 Å². The minimum Gasteiger partial charge on any atom is -0.744 e. The minimum atomic E-state index is -4.27. The van der Waals surface area contributed by atoms with Crippen molar-refractivity contribution in [3.63, 3.8) is 0 Å². The van der Waals surface area contributed by atoms with E-state index in [1.165, 1.54) is 12.1 Å². The first-order valence-electron chi connectivity index (χ1n) is 7.37. The quantitative estimate of drug-likeness (QED) is 0.491. The lowest BCUT2D eigenvalue weighted by molar-refractivity contribution is -0.627. The first-order valence-corrected chi connectivity index (χ1v) is 8.78. The predicted molar refractivity (Wildman–Crippen MR) is 88.6 cm³/mol. The molecule has 0 spiro atoms. The number of ether oxygens (including phenoxy) is 1. The lowest BCUT2D eigenvalue weighted by Gasteiger charge is -2.05. The van der Waals surface area contributed by atoms with Crippen molar-refractivity contribution in [2.24, 2.45) is 0 Å². The molecule has 2 aromatic carbocycles. The number of nitrogens with two attached hydrogens (primary N) is 1. The van der Waals surface area contributed by atoms with Crippen LogP contribution in [0.1, 0.15) is 15.9 Å². The van der Waals surface area contributed by atoms with Gasteiger partial charge in [0.1, 0.15) is 23.3 Å². The van der Waals surface area contributed by atoms with Gasteiger partial charge in [-0.3, -0.25) is 0 Å². The summed E-state index contributed by atoms with van der Waals surface area (Å²) < 4.78 is 36.2. The minimum absolute atomic E-state index is 0.178. The second-order valence-electron chi connectivity index (χ2n) is 4.97. The molecule has 0 amide bonds. The molecule has 0 aliphatic rings. The van der Waals surface area contributed by atoms with E-state index in [-0.39, 0.29) is 10.9 Å². The average Bonchev–Trinajstić information content (AvgIpc) is 2.56. The third-order valence-electron chi connectivity index (χ3n) is 2.96. The molecule has 0 saturated heterocycles. The van der Waals surface area contributed by atoms with E-state index in [4.69, 9.17) is 4.74 Å². The lowest BCUT2D eigenvalue weighted by atomic mass is 10.2. The van der Waals surface area contributed by atoms with Gasteiger partial charge in [0, 0.05) is 0 Å². The van der Waals surface area contributed by atoms with E-state index in [0.717, 1.165) is 12.1 Å². The van der Waals surface area contributed by atoms with Crippen molar-refractivity contribution in [2.45, 2.75) is 11.8 Å². The SMILES string of the molecule is C[NH2+]CCOC(=O)c1ccccc1.Cc1ccc(S(=O)(=O)[O-])cc1. The number of benzene rings is 2. The third kappa shape index (κ3) is 7.36. The van der Waals surface area contributed by atoms with Crippen molar-refractivity contribution in [3.8, 4) is 0 Å². The number of esters is 1. The van der Waals surface area contributed by atoms with E-state index in [1.54, 1.807) is 24.3 Å². The monoisotopic (exact) mass is 351 g/mol. The molecule has 130 valence electrons. The fourth-order valence-electron chi connectivity index (χ4n) is 1.63. The summed E-state index contributed by atoms with van der Waals surface area (Å²) in [5, 5.41) is 1.97. The molecule has 6 nitrogen and oxygen atoms in total. The summed E-state index contributed by atoms with van der Waals surface area (Å²) in [5.74, 6) is -0.248. The molecule has 0 heterocycles. The first kappa shape index (κ1) is 19.8. The van der Waals surface area contributed by atoms with Crippen LogP contribution in [0.3, 0.4) is 0 Å². The normalized spacial score (nSPS) is 10.5. The van der Waals surface area contributed by atoms with Gasteiger partial charge >= 0.3 is 5.97 Å². The van der Waals surface area contributed by atoms with Crippen LogP contribution in [-0.4, -0.2) is 39.1 Å². The number of hydrogen-bond donors (Lipinski definition) is 1. The molecule has 2 aromatic rings. The fourth-order valence-corrected chi connectivity index (χ4v) is 2.10. The predicted octanol–water partition coefficient (Wildman–Crippen LogP) is 0.936. The van der Waals surface area contributed by atoms with Crippen LogP contribution in [0.5, 0.6) is 0 Å². The zero-order chi connectivity index (χ0) is 18.0. The van der Waals surface area contributed by atoms with Crippen molar-refractivity contribution in [2.75, 3.05) is 20.2 Å². The fraction of sp³-hybridized carbons (Fsp3) is 0.235. The van der Waals surface area contributed by atoms with Gasteiger partial charge in [-0.2, -0.15) is 0 Å². The van der Waals surface area contributed by atoms with Gasteiger partial charge in [0.2, 0.25) is 0 Å². The Morgan fingerprint density at radius 1 is 1.08 bits per heavy atom. The molecule has 0 aromatic heterocycles. The molecule has 0 bridgehead atoms. The summed E-state index contributed by atoms with van der Waals surface area (Å²) >= 11 is 0. The van der Waals surface area contributed by atoms with Crippen LogP contribution in [0.4, 0.5) is 0 Å². The molecule has 24 heavy (non-hydrogen) atoms. The molecule has 7 heteroatoms. The molecular weight excluding hydrogens is 330 g/mol. The topological polar surface area (TPSA) is 100 Å². The van der Waals surface area contributed by atoms with Gasteiger partial charge in [0.15, 0.2) is 0 Å². The molecule has 0 atom stereocenters. The first-order chi connectivity index (χ1) is 11.3. The average molecular weight is 351 g/mol. The van der Waals surface area contributed by atoms with Gasteiger partial charge in [-0.15, -0.1) is 0 Å².